The number of benzene rings is 3. The van der Waals surface area contributed by atoms with Crippen LogP contribution in [-0.4, -0.2) is 14.5 Å². The van der Waals surface area contributed by atoms with Crippen LogP contribution in [0.5, 0.6) is 0 Å². The summed E-state index contributed by atoms with van der Waals surface area (Å²) in [5.74, 6) is 1.22. The van der Waals surface area contributed by atoms with E-state index in [4.69, 9.17) is 9.97 Å². The molecule has 0 fully saturated rings. The largest absolute Gasteiger partial charge is 0.336 e. The third kappa shape index (κ3) is 3.91. The van der Waals surface area contributed by atoms with Crippen molar-refractivity contribution in [3.05, 3.63) is 162 Å². The van der Waals surface area contributed by atoms with E-state index in [0.29, 0.717) is 0 Å². The van der Waals surface area contributed by atoms with Gasteiger partial charge in [0.15, 0.2) is 0 Å². The standard InChI is InChI=1S/C40H32N4/c1-4-14-27(15-5-1)33-26-34(28-16-6-2-7-17-28)42-40(41-33)44-36-23-13-11-21-32(36)38-37(44)25-24-31-30-20-10-12-22-35(30)43(39(31)38)29-18-8-3-9-19-29/h1-8,10-16,18,20-26,28,31,39H,9,17,19H2. The molecule has 0 saturated carbocycles. The van der Waals surface area contributed by atoms with Gasteiger partial charge in [-0.05, 0) is 55.2 Å². The van der Waals surface area contributed by atoms with Crippen LogP contribution in [0.2, 0.25) is 0 Å². The Morgan fingerprint density at radius 2 is 1.64 bits per heavy atom. The highest BCUT2D eigenvalue weighted by atomic mass is 15.2. The summed E-state index contributed by atoms with van der Waals surface area (Å²) in [6, 6.07) is 30.6. The first-order valence-corrected chi connectivity index (χ1v) is 15.7. The van der Waals surface area contributed by atoms with E-state index in [1.165, 1.54) is 33.6 Å². The van der Waals surface area contributed by atoms with E-state index in [0.717, 1.165) is 47.7 Å². The van der Waals surface area contributed by atoms with E-state index in [9.17, 15) is 0 Å². The summed E-state index contributed by atoms with van der Waals surface area (Å²) in [7, 11) is 0. The topological polar surface area (TPSA) is 34.0 Å². The highest BCUT2D eigenvalue weighted by molar-refractivity contribution is 5.93. The van der Waals surface area contributed by atoms with Gasteiger partial charge in [-0.1, -0.05) is 109 Å². The van der Waals surface area contributed by atoms with Gasteiger partial charge in [0.05, 0.1) is 28.6 Å². The molecule has 4 heteroatoms. The number of fused-ring (bicyclic) bond motifs is 7. The third-order valence-corrected chi connectivity index (χ3v) is 9.55. The molecule has 3 aromatic carbocycles. The maximum Gasteiger partial charge on any atom is 0.235 e. The Kier molecular flexibility index (Phi) is 5.86. The Labute approximate surface area is 257 Å². The van der Waals surface area contributed by atoms with Crippen LogP contribution in [0.1, 0.15) is 59.7 Å². The van der Waals surface area contributed by atoms with Crippen molar-refractivity contribution in [2.45, 2.75) is 37.1 Å². The zero-order valence-electron chi connectivity index (χ0n) is 24.4. The zero-order valence-corrected chi connectivity index (χ0v) is 24.4. The molecule has 44 heavy (non-hydrogen) atoms. The first-order chi connectivity index (χ1) is 21.8. The number of allylic oxidation sites excluding steroid dienone is 8. The second kappa shape index (κ2) is 10.2. The van der Waals surface area contributed by atoms with Crippen molar-refractivity contribution in [3.8, 4) is 17.2 Å². The molecule has 0 amide bonds. The maximum absolute atomic E-state index is 5.32. The molecule has 0 bridgehead atoms. The number of anilines is 1. The zero-order chi connectivity index (χ0) is 29.0. The minimum absolute atomic E-state index is 0.166. The van der Waals surface area contributed by atoms with Crippen molar-refractivity contribution in [2.24, 2.45) is 0 Å². The molecular formula is C40H32N4. The first-order valence-electron chi connectivity index (χ1n) is 15.7. The van der Waals surface area contributed by atoms with Crippen LogP contribution in [0, 0.1) is 0 Å². The molecule has 0 saturated heterocycles. The van der Waals surface area contributed by atoms with Crippen molar-refractivity contribution in [3.63, 3.8) is 0 Å². The summed E-state index contributed by atoms with van der Waals surface area (Å²) in [5, 5.41) is 1.27. The Morgan fingerprint density at radius 3 is 2.50 bits per heavy atom. The fraction of sp³-hybridized carbons (Fsp3) is 0.150. The number of para-hydroxylation sites is 2. The van der Waals surface area contributed by atoms with Crippen LogP contribution >= 0.6 is 0 Å². The van der Waals surface area contributed by atoms with Crippen LogP contribution in [0.15, 0.2) is 139 Å². The van der Waals surface area contributed by atoms with Crippen LogP contribution in [0.3, 0.4) is 0 Å². The second-order valence-corrected chi connectivity index (χ2v) is 12.0. The summed E-state index contributed by atoms with van der Waals surface area (Å²) >= 11 is 0. The van der Waals surface area contributed by atoms with Gasteiger partial charge in [-0.25, -0.2) is 9.97 Å². The van der Waals surface area contributed by atoms with Crippen LogP contribution in [0.4, 0.5) is 5.69 Å². The summed E-state index contributed by atoms with van der Waals surface area (Å²) in [6.45, 7) is 0. The maximum atomic E-state index is 5.32. The van der Waals surface area contributed by atoms with Crippen LogP contribution in [-0.2, 0) is 0 Å². The Balaban J connectivity index is 1.29. The van der Waals surface area contributed by atoms with Gasteiger partial charge >= 0.3 is 0 Å². The average Bonchev–Trinajstić information content (AvgIpc) is 3.62. The van der Waals surface area contributed by atoms with Gasteiger partial charge in [0.1, 0.15) is 0 Å². The monoisotopic (exact) mass is 568 g/mol. The molecule has 3 atom stereocenters. The van der Waals surface area contributed by atoms with Crippen molar-refractivity contribution in [1.82, 2.24) is 14.5 Å². The highest BCUT2D eigenvalue weighted by Gasteiger charge is 2.44. The molecule has 4 aliphatic rings. The Morgan fingerprint density at radius 1 is 0.773 bits per heavy atom. The number of aromatic nitrogens is 3. The predicted molar refractivity (Wildman–Crippen MR) is 180 cm³/mol. The van der Waals surface area contributed by atoms with Gasteiger partial charge in [0.2, 0.25) is 5.95 Å². The van der Waals surface area contributed by atoms with Gasteiger partial charge in [-0.3, -0.25) is 4.57 Å². The van der Waals surface area contributed by atoms with Crippen molar-refractivity contribution in [2.75, 3.05) is 4.90 Å². The molecule has 0 spiro atoms. The van der Waals surface area contributed by atoms with Gasteiger partial charge in [-0.15, -0.1) is 0 Å². The smallest absolute Gasteiger partial charge is 0.235 e. The van der Waals surface area contributed by atoms with Gasteiger partial charge in [0, 0.05) is 39.7 Å². The van der Waals surface area contributed by atoms with Crippen molar-refractivity contribution in [1.29, 1.82) is 0 Å². The molecule has 0 radical (unpaired) electrons. The molecular weight excluding hydrogens is 536 g/mol. The van der Waals surface area contributed by atoms with E-state index in [1.807, 2.05) is 0 Å². The van der Waals surface area contributed by atoms with E-state index < -0.39 is 0 Å². The van der Waals surface area contributed by atoms with Crippen LogP contribution < -0.4 is 4.90 Å². The lowest BCUT2D eigenvalue weighted by atomic mass is 9.84. The normalized spacial score (nSPS) is 21.3. The molecule has 9 rings (SSSR count). The fourth-order valence-electron chi connectivity index (χ4n) is 7.58. The van der Waals surface area contributed by atoms with Crippen molar-refractivity contribution < 1.29 is 0 Å². The summed E-state index contributed by atoms with van der Waals surface area (Å²) in [6.07, 6.45) is 23.3. The minimum Gasteiger partial charge on any atom is -0.336 e. The predicted octanol–water partition coefficient (Wildman–Crippen LogP) is 9.59. The SMILES string of the molecule is C1=CCCC(N2c3ccccc3C3C=Cc4c(c5ccccc5n4-c4nc(-c5ccccc5)cc(C5C=CC=CC5)n4)C32)=C1. The average molecular weight is 569 g/mol. The van der Waals surface area contributed by atoms with E-state index >= 15 is 0 Å². The van der Waals surface area contributed by atoms with Crippen LogP contribution in [0.25, 0.3) is 34.2 Å². The molecule has 4 nitrogen and oxygen atoms in total. The lowest BCUT2D eigenvalue weighted by Gasteiger charge is -2.34. The molecule has 2 aromatic heterocycles. The quantitative estimate of drug-likeness (QED) is 0.216. The number of hydrogen-bond donors (Lipinski definition) is 0. The summed E-state index contributed by atoms with van der Waals surface area (Å²) in [4.78, 5) is 13.2. The molecule has 212 valence electrons. The molecule has 3 unspecified atom stereocenters. The fourth-order valence-corrected chi connectivity index (χ4v) is 7.58. The van der Waals surface area contributed by atoms with Gasteiger partial charge in [0.25, 0.3) is 0 Å². The Bertz CT molecular complexity index is 2070. The van der Waals surface area contributed by atoms with E-state index in [2.05, 4.69) is 149 Å². The highest BCUT2D eigenvalue weighted by Crippen LogP contribution is 2.56. The van der Waals surface area contributed by atoms with Gasteiger partial charge in [-0.2, -0.15) is 0 Å². The summed E-state index contributed by atoms with van der Waals surface area (Å²) in [5.41, 5.74) is 10.9. The molecule has 0 N–H and O–H groups in total. The number of nitrogens with zero attached hydrogens (tertiary/aromatic N) is 4. The number of rotatable bonds is 4. The Hall–Kier alpha value is -5.22. The van der Waals surface area contributed by atoms with E-state index in [1.54, 1.807) is 0 Å². The second-order valence-electron chi connectivity index (χ2n) is 12.0. The minimum atomic E-state index is 0.166. The lowest BCUT2D eigenvalue weighted by molar-refractivity contribution is 0.635. The molecule has 3 heterocycles. The van der Waals surface area contributed by atoms with Gasteiger partial charge < -0.3 is 4.90 Å². The van der Waals surface area contributed by atoms with Crippen molar-refractivity contribution >= 4 is 22.7 Å². The lowest BCUT2D eigenvalue weighted by Crippen LogP contribution is -2.28. The first kappa shape index (κ1) is 25.3. The third-order valence-electron chi connectivity index (χ3n) is 9.55. The number of hydrogen-bond acceptors (Lipinski definition) is 3. The molecule has 3 aliphatic carbocycles. The molecule has 1 aliphatic heterocycles. The molecule has 5 aromatic rings. The summed E-state index contributed by atoms with van der Waals surface area (Å²) < 4.78 is 2.31. The van der Waals surface area contributed by atoms with E-state index in [-0.39, 0.29) is 17.9 Å².